The quantitative estimate of drug-likeness (QED) is 0.0262. The van der Waals surface area contributed by atoms with Crippen molar-refractivity contribution in [2.75, 3.05) is 13.2 Å². The van der Waals surface area contributed by atoms with E-state index in [9.17, 15) is 14.4 Å². The summed E-state index contributed by atoms with van der Waals surface area (Å²) in [6.45, 7) is 6.67. The van der Waals surface area contributed by atoms with Crippen LogP contribution in [-0.2, 0) is 28.6 Å². The molecule has 0 heterocycles. The second-order valence-corrected chi connectivity index (χ2v) is 20.3. The van der Waals surface area contributed by atoms with Crippen LogP contribution in [0.25, 0.3) is 0 Å². The largest absolute Gasteiger partial charge is 0.462 e. The molecule has 0 aromatic heterocycles. The summed E-state index contributed by atoms with van der Waals surface area (Å²) in [5, 5.41) is 0. The number of hydrogen-bond acceptors (Lipinski definition) is 6. The lowest BCUT2D eigenvalue weighted by Gasteiger charge is -2.18. The normalized spacial score (nSPS) is 12.1. The van der Waals surface area contributed by atoms with Crippen LogP contribution in [-0.4, -0.2) is 37.2 Å². The number of esters is 3. The fraction of sp³-hybridized carbons (Fsp3) is 0.885. The Labute approximate surface area is 417 Å². The summed E-state index contributed by atoms with van der Waals surface area (Å²) in [6, 6.07) is 0. The maximum Gasteiger partial charge on any atom is 0.306 e. The molecule has 0 amide bonds. The molecular formula is C61H114O6. The van der Waals surface area contributed by atoms with Gasteiger partial charge in [-0.3, -0.25) is 14.4 Å². The van der Waals surface area contributed by atoms with Gasteiger partial charge in [-0.2, -0.15) is 0 Å². The third kappa shape index (κ3) is 54.7. The van der Waals surface area contributed by atoms with Gasteiger partial charge in [0.2, 0.25) is 0 Å². The van der Waals surface area contributed by atoms with Gasteiger partial charge in [-0.15, -0.1) is 0 Å². The standard InChI is InChI=1S/C61H114O6/c1-4-7-10-13-16-19-22-24-26-28-30-32-34-36-39-42-45-48-51-54-60(63)66-57-58(56-65-59(62)53-50-47-44-41-38-21-18-15-12-9-6-3)67-61(64)55-52-49-46-43-40-37-35-33-31-29-27-25-23-20-17-14-11-8-5-2/h28-31,58H,4-27,32-57H2,1-3H3/b30-28-,31-29-. The monoisotopic (exact) mass is 943 g/mol. The van der Waals surface area contributed by atoms with Crippen molar-refractivity contribution in [3.63, 3.8) is 0 Å². The molecular weight excluding hydrogens is 829 g/mol. The van der Waals surface area contributed by atoms with E-state index in [-0.39, 0.29) is 31.1 Å². The number of rotatable bonds is 55. The molecule has 0 aliphatic carbocycles. The first kappa shape index (κ1) is 64.9. The summed E-state index contributed by atoms with van der Waals surface area (Å²) < 4.78 is 16.9. The topological polar surface area (TPSA) is 78.9 Å². The van der Waals surface area contributed by atoms with E-state index >= 15 is 0 Å². The Morgan fingerprint density at radius 3 is 0.746 bits per heavy atom. The minimum absolute atomic E-state index is 0.0701. The fourth-order valence-corrected chi connectivity index (χ4v) is 8.91. The summed E-state index contributed by atoms with van der Waals surface area (Å²) in [4.78, 5) is 38.1. The third-order valence-corrected chi connectivity index (χ3v) is 13.4. The van der Waals surface area contributed by atoms with Gasteiger partial charge in [-0.1, -0.05) is 263 Å². The van der Waals surface area contributed by atoms with Crippen molar-refractivity contribution in [3.05, 3.63) is 24.3 Å². The van der Waals surface area contributed by atoms with E-state index in [4.69, 9.17) is 14.2 Å². The highest BCUT2D eigenvalue weighted by atomic mass is 16.6. The lowest BCUT2D eigenvalue weighted by molar-refractivity contribution is -0.167. The van der Waals surface area contributed by atoms with Crippen LogP contribution in [0.3, 0.4) is 0 Å². The Kier molecular flexibility index (Phi) is 54.7. The Bertz CT molecular complexity index is 1080. The van der Waals surface area contributed by atoms with Gasteiger partial charge < -0.3 is 14.2 Å². The number of hydrogen-bond donors (Lipinski definition) is 0. The van der Waals surface area contributed by atoms with E-state index in [2.05, 4.69) is 45.1 Å². The van der Waals surface area contributed by atoms with E-state index in [0.717, 1.165) is 57.8 Å². The second kappa shape index (κ2) is 56.5. The van der Waals surface area contributed by atoms with Gasteiger partial charge in [0.05, 0.1) is 0 Å². The van der Waals surface area contributed by atoms with Crippen LogP contribution in [0, 0.1) is 0 Å². The Morgan fingerprint density at radius 1 is 0.284 bits per heavy atom. The highest BCUT2D eigenvalue weighted by molar-refractivity contribution is 5.71. The Hall–Kier alpha value is -2.11. The first-order valence-corrected chi connectivity index (χ1v) is 29.8. The van der Waals surface area contributed by atoms with E-state index in [1.165, 1.54) is 231 Å². The first-order chi connectivity index (χ1) is 33.0. The fourth-order valence-electron chi connectivity index (χ4n) is 8.91. The van der Waals surface area contributed by atoms with Gasteiger partial charge in [-0.05, 0) is 70.6 Å². The van der Waals surface area contributed by atoms with Crippen LogP contribution in [0.1, 0.15) is 329 Å². The summed E-state index contributed by atoms with van der Waals surface area (Å²) in [6.07, 6.45) is 66.0. The Morgan fingerprint density at radius 2 is 0.493 bits per heavy atom. The lowest BCUT2D eigenvalue weighted by Crippen LogP contribution is -2.30. The van der Waals surface area contributed by atoms with E-state index in [1.54, 1.807) is 0 Å². The van der Waals surface area contributed by atoms with Gasteiger partial charge in [0, 0.05) is 19.3 Å². The molecule has 0 fully saturated rings. The summed E-state index contributed by atoms with van der Waals surface area (Å²) >= 11 is 0. The van der Waals surface area contributed by atoms with Gasteiger partial charge in [-0.25, -0.2) is 0 Å². The van der Waals surface area contributed by atoms with Crippen molar-refractivity contribution in [3.8, 4) is 0 Å². The molecule has 394 valence electrons. The van der Waals surface area contributed by atoms with Crippen LogP contribution in [0.5, 0.6) is 0 Å². The predicted molar refractivity (Wildman–Crippen MR) is 289 cm³/mol. The van der Waals surface area contributed by atoms with Crippen LogP contribution in [0.2, 0.25) is 0 Å². The van der Waals surface area contributed by atoms with Gasteiger partial charge in [0.15, 0.2) is 6.10 Å². The molecule has 1 unspecified atom stereocenters. The molecule has 0 spiro atoms. The van der Waals surface area contributed by atoms with Crippen molar-refractivity contribution in [1.82, 2.24) is 0 Å². The number of carbonyl (C=O) groups excluding carboxylic acids is 3. The SMILES string of the molecule is CCCCCCCCCC/C=C\CCCCCCCCCC(=O)OCC(COC(=O)CCCCCCCCCCCCC)OC(=O)CCCCCCCCC/C=C\CCCCCCCCCC. The van der Waals surface area contributed by atoms with Crippen LogP contribution in [0.15, 0.2) is 24.3 Å². The molecule has 0 aliphatic rings. The summed E-state index contributed by atoms with van der Waals surface area (Å²) in [7, 11) is 0. The lowest BCUT2D eigenvalue weighted by atomic mass is 10.1. The van der Waals surface area contributed by atoms with Crippen molar-refractivity contribution >= 4 is 17.9 Å². The van der Waals surface area contributed by atoms with Crippen molar-refractivity contribution in [2.24, 2.45) is 0 Å². The molecule has 0 saturated carbocycles. The molecule has 0 rings (SSSR count). The molecule has 0 aromatic carbocycles. The van der Waals surface area contributed by atoms with Crippen molar-refractivity contribution in [2.45, 2.75) is 335 Å². The number of allylic oxidation sites excluding steroid dienone is 4. The highest BCUT2D eigenvalue weighted by Gasteiger charge is 2.19. The van der Waals surface area contributed by atoms with Crippen LogP contribution < -0.4 is 0 Å². The Balaban J connectivity index is 4.29. The maximum atomic E-state index is 12.9. The minimum atomic E-state index is -0.771. The summed E-state index contributed by atoms with van der Waals surface area (Å²) in [5.41, 5.74) is 0. The first-order valence-electron chi connectivity index (χ1n) is 29.8. The highest BCUT2D eigenvalue weighted by Crippen LogP contribution is 2.16. The molecule has 0 N–H and O–H groups in total. The molecule has 1 atom stereocenters. The summed E-state index contributed by atoms with van der Waals surface area (Å²) in [5.74, 6) is -0.860. The molecule has 0 aromatic rings. The number of carbonyl (C=O) groups is 3. The molecule has 0 aliphatic heterocycles. The smallest absolute Gasteiger partial charge is 0.306 e. The predicted octanol–water partition coefficient (Wildman–Crippen LogP) is 19.9. The van der Waals surface area contributed by atoms with Crippen LogP contribution >= 0.6 is 0 Å². The average Bonchev–Trinajstić information content (AvgIpc) is 3.33. The second-order valence-electron chi connectivity index (χ2n) is 20.3. The molecule has 0 saturated heterocycles. The van der Waals surface area contributed by atoms with Crippen molar-refractivity contribution < 1.29 is 28.6 Å². The maximum absolute atomic E-state index is 12.9. The zero-order chi connectivity index (χ0) is 48.6. The number of ether oxygens (including phenoxy) is 3. The van der Waals surface area contributed by atoms with Gasteiger partial charge in [0.1, 0.15) is 13.2 Å². The molecule has 67 heavy (non-hydrogen) atoms. The molecule has 6 nitrogen and oxygen atoms in total. The van der Waals surface area contributed by atoms with E-state index < -0.39 is 6.10 Å². The van der Waals surface area contributed by atoms with Crippen LogP contribution in [0.4, 0.5) is 0 Å². The zero-order valence-corrected chi connectivity index (χ0v) is 45.2. The minimum Gasteiger partial charge on any atom is -0.462 e. The van der Waals surface area contributed by atoms with Gasteiger partial charge in [0.25, 0.3) is 0 Å². The zero-order valence-electron chi connectivity index (χ0n) is 45.2. The average molecular weight is 944 g/mol. The van der Waals surface area contributed by atoms with Crippen molar-refractivity contribution in [1.29, 1.82) is 0 Å². The third-order valence-electron chi connectivity index (χ3n) is 13.4. The van der Waals surface area contributed by atoms with Gasteiger partial charge >= 0.3 is 17.9 Å². The van der Waals surface area contributed by atoms with E-state index in [0.29, 0.717) is 19.3 Å². The molecule has 0 bridgehead atoms. The van der Waals surface area contributed by atoms with E-state index in [1.807, 2.05) is 0 Å². The number of unbranched alkanes of at least 4 members (excludes halogenated alkanes) is 40. The molecule has 0 radical (unpaired) electrons. The molecule has 6 heteroatoms.